The zero-order chi connectivity index (χ0) is 28.6. The van der Waals surface area contributed by atoms with Gasteiger partial charge in [0, 0.05) is 36.6 Å². The van der Waals surface area contributed by atoms with Crippen LogP contribution in [0, 0.1) is 5.92 Å². The summed E-state index contributed by atoms with van der Waals surface area (Å²) < 4.78 is 27.4. The van der Waals surface area contributed by atoms with E-state index in [1.165, 1.54) is 36.2 Å². The Labute approximate surface area is 240 Å². The van der Waals surface area contributed by atoms with Gasteiger partial charge < -0.3 is 10.2 Å². The molecule has 1 atom stereocenters. The van der Waals surface area contributed by atoms with Crippen molar-refractivity contribution < 1.29 is 18.0 Å². The summed E-state index contributed by atoms with van der Waals surface area (Å²) in [4.78, 5) is 28.8. The molecular weight excluding hydrogens is 557 g/mol. The molecule has 0 spiro atoms. The smallest absolute Gasteiger partial charge is 0.243 e. The van der Waals surface area contributed by atoms with Gasteiger partial charge >= 0.3 is 0 Å². The van der Waals surface area contributed by atoms with E-state index in [2.05, 4.69) is 5.32 Å². The van der Waals surface area contributed by atoms with Crippen molar-refractivity contribution in [3.05, 3.63) is 100 Å². The van der Waals surface area contributed by atoms with Crippen LogP contribution in [0.4, 0.5) is 0 Å². The van der Waals surface area contributed by atoms with Gasteiger partial charge in [-0.1, -0.05) is 79.5 Å². The number of amides is 2. The molecule has 0 aliphatic heterocycles. The number of nitrogens with zero attached hydrogens (tertiary/aromatic N) is 2. The van der Waals surface area contributed by atoms with Crippen molar-refractivity contribution in [1.82, 2.24) is 14.5 Å². The number of carbonyl (C=O) groups excluding carboxylic acids is 2. The fourth-order valence-electron chi connectivity index (χ4n) is 3.96. The van der Waals surface area contributed by atoms with Gasteiger partial charge in [-0.25, -0.2) is 8.42 Å². The summed E-state index contributed by atoms with van der Waals surface area (Å²) in [5.41, 5.74) is 1.59. The van der Waals surface area contributed by atoms with Crippen LogP contribution in [0.1, 0.15) is 25.0 Å². The standard InChI is InChI=1S/C29H33Cl2N3O4S/c1-21(2)18-32-29(36)27(17-22-8-5-4-6-9-22)34(19-23-10-7-11-25(31)16-23)28(35)20-33(3)39(37,38)26-14-12-24(30)13-15-26/h4-16,21,27H,17-20H2,1-3H3,(H,32,36)/t27-/m0/s1. The molecule has 39 heavy (non-hydrogen) atoms. The summed E-state index contributed by atoms with van der Waals surface area (Å²) in [6.07, 6.45) is 0.255. The maximum Gasteiger partial charge on any atom is 0.243 e. The lowest BCUT2D eigenvalue weighted by atomic mass is 10.0. The van der Waals surface area contributed by atoms with E-state index >= 15 is 0 Å². The molecule has 0 heterocycles. The molecule has 1 N–H and O–H groups in total. The van der Waals surface area contributed by atoms with Crippen LogP contribution >= 0.6 is 23.2 Å². The Bertz CT molecular complexity index is 1370. The second-order valence-corrected chi connectivity index (χ2v) is 12.6. The Hall–Kier alpha value is -2.91. The number of benzene rings is 3. The predicted octanol–water partition coefficient (Wildman–Crippen LogP) is 5.03. The number of nitrogens with one attached hydrogen (secondary N) is 1. The Balaban J connectivity index is 1.96. The van der Waals surface area contributed by atoms with Crippen molar-refractivity contribution in [3.63, 3.8) is 0 Å². The van der Waals surface area contributed by atoms with E-state index in [9.17, 15) is 18.0 Å². The van der Waals surface area contributed by atoms with Crippen LogP contribution in [0.15, 0.2) is 83.8 Å². The highest BCUT2D eigenvalue weighted by molar-refractivity contribution is 7.89. The number of halogens is 2. The third-order valence-corrected chi connectivity index (χ3v) is 8.38. The van der Waals surface area contributed by atoms with Crippen LogP contribution < -0.4 is 5.32 Å². The summed E-state index contributed by atoms with van der Waals surface area (Å²) in [6, 6.07) is 21.3. The van der Waals surface area contributed by atoms with Crippen LogP contribution in [-0.2, 0) is 32.6 Å². The Kier molecular flexibility index (Phi) is 10.9. The lowest BCUT2D eigenvalue weighted by molar-refractivity contribution is -0.141. The Morgan fingerprint density at radius 3 is 2.13 bits per heavy atom. The van der Waals surface area contributed by atoms with E-state index in [4.69, 9.17) is 23.2 Å². The molecule has 0 saturated carbocycles. The summed E-state index contributed by atoms with van der Waals surface area (Å²) in [7, 11) is -2.65. The van der Waals surface area contributed by atoms with Crippen molar-refractivity contribution in [2.24, 2.45) is 5.92 Å². The van der Waals surface area contributed by atoms with Gasteiger partial charge in [-0.15, -0.1) is 0 Å². The molecule has 0 fully saturated rings. The molecule has 3 aromatic rings. The third-order valence-electron chi connectivity index (χ3n) is 6.08. The van der Waals surface area contributed by atoms with E-state index in [1.54, 1.807) is 18.2 Å². The first-order valence-corrected chi connectivity index (χ1v) is 14.7. The van der Waals surface area contributed by atoms with Gasteiger partial charge in [0.1, 0.15) is 6.04 Å². The largest absolute Gasteiger partial charge is 0.354 e. The van der Waals surface area contributed by atoms with Crippen LogP contribution in [0.5, 0.6) is 0 Å². The van der Waals surface area contributed by atoms with Crippen molar-refractivity contribution in [2.75, 3.05) is 20.1 Å². The second-order valence-electron chi connectivity index (χ2n) is 9.71. The van der Waals surface area contributed by atoms with E-state index in [0.717, 1.165) is 9.87 Å². The maximum absolute atomic E-state index is 13.8. The molecule has 0 saturated heterocycles. The number of sulfonamides is 1. The number of hydrogen-bond acceptors (Lipinski definition) is 4. The number of carbonyl (C=O) groups is 2. The molecule has 3 aromatic carbocycles. The minimum atomic E-state index is -3.98. The van der Waals surface area contributed by atoms with Gasteiger partial charge in [0.25, 0.3) is 0 Å². The van der Waals surface area contributed by atoms with Gasteiger partial charge in [-0.3, -0.25) is 9.59 Å². The summed E-state index contributed by atoms with van der Waals surface area (Å²) in [6.45, 7) is 4.01. The van der Waals surface area contributed by atoms with Crippen molar-refractivity contribution >= 4 is 45.0 Å². The lowest BCUT2D eigenvalue weighted by Gasteiger charge is -2.33. The minimum absolute atomic E-state index is 0.0131. The number of rotatable bonds is 12. The fourth-order valence-corrected chi connectivity index (χ4v) is 5.42. The Morgan fingerprint density at radius 2 is 1.51 bits per heavy atom. The molecule has 3 rings (SSSR count). The SMILES string of the molecule is CC(C)CNC(=O)[C@H](Cc1ccccc1)N(Cc1cccc(Cl)c1)C(=O)CN(C)S(=O)(=O)c1ccc(Cl)cc1. The van der Waals surface area contributed by atoms with E-state index in [-0.39, 0.29) is 29.7 Å². The van der Waals surface area contributed by atoms with Gasteiger partial charge in [-0.05, 0) is 53.4 Å². The van der Waals surface area contributed by atoms with E-state index in [0.29, 0.717) is 22.2 Å². The van der Waals surface area contributed by atoms with E-state index < -0.39 is 28.5 Å². The maximum atomic E-state index is 13.8. The second kappa shape index (κ2) is 13.9. The molecule has 208 valence electrons. The number of likely N-dealkylation sites (N-methyl/N-ethyl adjacent to an activating group) is 1. The fraction of sp³-hybridized carbons (Fsp3) is 0.310. The average Bonchev–Trinajstić information content (AvgIpc) is 2.90. The quantitative estimate of drug-likeness (QED) is 0.321. The zero-order valence-electron chi connectivity index (χ0n) is 22.2. The highest BCUT2D eigenvalue weighted by Gasteiger charge is 2.33. The first-order valence-electron chi connectivity index (χ1n) is 12.5. The normalized spacial score (nSPS) is 12.4. The zero-order valence-corrected chi connectivity index (χ0v) is 24.5. The summed E-state index contributed by atoms with van der Waals surface area (Å²) in [5.74, 6) is -0.624. The molecule has 0 bridgehead atoms. The van der Waals surface area contributed by atoms with E-state index in [1.807, 2.05) is 50.2 Å². The van der Waals surface area contributed by atoms with Crippen LogP contribution in [-0.4, -0.2) is 55.6 Å². The third kappa shape index (κ3) is 8.80. The molecule has 0 aliphatic rings. The summed E-state index contributed by atoms with van der Waals surface area (Å²) >= 11 is 12.1. The summed E-state index contributed by atoms with van der Waals surface area (Å²) in [5, 5.41) is 3.84. The minimum Gasteiger partial charge on any atom is -0.354 e. The molecule has 0 unspecified atom stereocenters. The Morgan fingerprint density at radius 1 is 0.872 bits per heavy atom. The van der Waals surface area contributed by atoms with Gasteiger partial charge in [0.2, 0.25) is 21.8 Å². The molecule has 0 aliphatic carbocycles. The molecule has 2 amide bonds. The molecule has 10 heteroatoms. The molecular formula is C29H33Cl2N3O4S. The molecule has 0 aromatic heterocycles. The topological polar surface area (TPSA) is 86.8 Å². The van der Waals surface area contributed by atoms with Crippen LogP contribution in [0.25, 0.3) is 0 Å². The first-order chi connectivity index (χ1) is 18.5. The first kappa shape index (κ1) is 30.6. The highest BCUT2D eigenvalue weighted by Crippen LogP contribution is 2.20. The van der Waals surface area contributed by atoms with Crippen LogP contribution in [0.2, 0.25) is 10.0 Å². The number of hydrogen-bond donors (Lipinski definition) is 1. The van der Waals surface area contributed by atoms with Crippen molar-refractivity contribution in [3.8, 4) is 0 Å². The monoisotopic (exact) mass is 589 g/mol. The average molecular weight is 591 g/mol. The highest BCUT2D eigenvalue weighted by atomic mass is 35.5. The van der Waals surface area contributed by atoms with Crippen molar-refractivity contribution in [2.45, 2.75) is 37.8 Å². The molecule has 0 radical (unpaired) electrons. The lowest BCUT2D eigenvalue weighted by Crippen LogP contribution is -2.53. The van der Waals surface area contributed by atoms with Crippen molar-refractivity contribution in [1.29, 1.82) is 0 Å². The van der Waals surface area contributed by atoms with Crippen LogP contribution in [0.3, 0.4) is 0 Å². The van der Waals surface area contributed by atoms with Gasteiger partial charge in [-0.2, -0.15) is 4.31 Å². The predicted molar refractivity (Wildman–Crippen MR) is 155 cm³/mol. The van der Waals surface area contributed by atoms with Gasteiger partial charge in [0.15, 0.2) is 0 Å². The molecule has 7 nitrogen and oxygen atoms in total. The van der Waals surface area contributed by atoms with Gasteiger partial charge in [0.05, 0.1) is 11.4 Å².